The van der Waals surface area contributed by atoms with E-state index in [0.717, 1.165) is 23.3 Å². The molecule has 1 aliphatic heterocycles. The van der Waals surface area contributed by atoms with Gasteiger partial charge in [0.25, 0.3) is 0 Å². The summed E-state index contributed by atoms with van der Waals surface area (Å²) in [5.41, 5.74) is 2.08. The molecular weight excluding hydrogens is 272 g/mol. The molecule has 21 heavy (non-hydrogen) atoms. The van der Waals surface area contributed by atoms with Crippen LogP contribution in [0.4, 0.5) is 0 Å². The molecule has 3 rings (SSSR count). The molecule has 1 atom stereocenters. The minimum Gasteiger partial charge on any atom is -0.493 e. The molecular formula is C14H16N4O3. The smallest absolute Gasteiger partial charge is 0.306 e. The van der Waals surface area contributed by atoms with E-state index in [0.29, 0.717) is 25.4 Å². The zero-order valence-electron chi connectivity index (χ0n) is 11.7. The molecule has 0 spiro atoms. The van der Waals surface area contributed by atoms with E-state index >= 15 is 0 Å². The first-order valence-electron chi connectivity index (χ1n) is 6.90. The summed E-state index contributed by atoms with van der Waals surface area (Å²) < 4.78 is 7.13. The molecule has 0 amide bonds. The Kier molecular flexibility index (Phi) is 3.55. The molecule has 0 saturated heterocycles. The summed E-state index contributed by atoms with van der Waals surface area (Å²) in [6.45, 7) is 2.86. The highest BCUT2D eigenvalue weighted by molar-refractivity contribution is 5.69. The lowest BCUT2D eigenvalue weighted by molar-refractivity contribution is -0.141. The van der Waals surface area contributed by atoms with E-state index < -0.39 is 11.9 Å². The predicted octanol–water partition coefficient (Wildman–Crippen LogP) is 1.39. The molecule has 0 bridgehead atoms. The summed E-state index contributed by atoms with van der Waals surface area (Å²) in [7, 11) is 0. The van der Waals surface area contributed by atoms with Crippen molar-refractivity contribution in [3.63, 3.8) is 0 Å². The van der Waals surface area contributed by atoms with Crippen LogP contribution in [-0.2, 0) is 17.8 Å². The van der Waals surface area contributed by atoms with E-state index in [1.807, 2.05) is 18.2 Å². The molecule has 110 valence electrons. The van der Waals surface area contributed by atoms with Gasteiger partial charge in [0.2, 0.25) is 0 Å². The molecule has 1 aromatic heterocycles. The van der Waals surface area contributed by atoms with Crippen LogP contribution in [0.5, 0.6) is 5.75 Å². The van der Waals surface area contributed by atoms with Gasteiger partial charge in [-0.1, -0.05) is 6.92 Å². The molecule has 1 unspecified atom stereocenters. The monoisotopic (exact) mass is 288 g/mol. The number of nitrogens with zero attached hydrogens (tertiary/aromatic N) is 4. The second-order valence-electron chi connectivity index (χ2n) is 5.17. The lowest BCUT2D eigenvalue weighted by Gasteiger charge is -2.08. The van der Waals surface area contributed by atoms with E-state index in [9.17, 15) is 4.79 Å². The van der Waals surface area contributed by atoms with E-state index in [1.54, 1.807) is 11.6 Å². The third-order valence-corrected chi connectivity index (χ3v) is 3.68. The Balaban J connectivity index is 1.80. The first kappa shape index (κ1) is 13.5. The van der Waals surface area contributed by atoms with Gasteiger partial charge in [-0.15, -0.1) is 5.10 Å². The van der Waals surface area contributed by atoms with Gasteiger partial charge in [0, 0.05) is 18.5 Å². The molecule has 0 aliphatic carbocycles. The van der Waals surface area contributed by atoms with Crippen LogP contribution in [0, 0.1) is 5.92 Å². The molecule has 1 N–H and O–H groups in total. The number of fused-ring (bicyclic) bond motifs is 1. The van der Waals surface area contributed by atoms with Crippen LogP contribution >= 0.6 is 0 Å². The maximum Gasteiger partial charge on any atom is 0.306 e. The Bertz CT molecular complexity index is 668. The van der Waals surface area contributed by atoms with Gasteiger partial charge in [0.15, 0.2) is 5.82 Å². The number of ether oxygens (including phenoxy) is 1. The SMILES string of the molecule is CC(CCn1nnnc1-c1ccc2c(c1)CCO2)C(=O)O. The number of aliphatic carboxylic acids is 1. The lowest BCUT2D eigenvalue weighted by Crippen LogP contribution is -2.14. The van der Waals surface area contributed by atoms with Gasteiger partial charge in [-0.25, -0.2) is 4.68 Å². The topological polar surface area (TPSA) is 90.1 Å². The van der Waals surface area contributed by atoms with Crippen LogP contribution in [0.1, 0.15) is 18.9 Å². The fourth-order valence-electron chi connectivity index (χ4n) is 2.33. The number of hydrogen-bond acceptors (Lipinski definition) is 5. The quantitative estimate of drug-likeness (QED) is 0.894. The van der Waals surface area contributed by atoms with Crippen molar-refractivity contribution in [3.05, 3.63) is 23.8 Å². The maximum atomic E-state index is 10.9. The van der Waals surface area contributed by atoms with Crippen LogP contribution in [0.25, 0.3) is 11.4 Å². The molecule has 1 aliphatic rings. The molecule has 7 nitrogen and oxygen atoms in total. The van der Waals surface area contributed by atoms with Crippen molar-refractivity contribution in [2.75, 3.05) is 6.61 Å². The Labute approximate surface area is 121 Å². The van der Waals surface area contributed by atoms with Gasteiger partial charge < -0.3 is 9.84 Å². The van der Waals surface area contributed by atoms with Crippen molar-refractivity contribution in [2.45, 2.75) is 26.3 Å². The van der Waals surface area contributed by atoms with Gasteiger partial charge in [0.05, 0.1) is 12.5 Å². The number of aromatic nitrogens is 4. The van der Waals surface area contributed by atoms with Crippen molar-refractivity contribution < 1.29 is 14.6 Å². The average Bonchev–Trinajstić information content (AvgIpc) is 3.12. The van der Waals surface area contributed by atoms with Crippen LogP contribution in [-0.4, -0.2) is 37.9 Å². The summed E-state index contributed by atoms with van der Waals surface area (Å²) in [5.74, 6) is 0.342. The number of aryl methyl sites for hydroxylation is 1. The van der Waals surface area contributed by atoms with Crippen LogP contribution in [0.3, 0.4) is 0 Å². The molecule has 2 aromatic rings. The fraction of sp³-hybridized carbons (Fsp3) is 0.429. The van der Waals surface area contributed by atoms with Crippen LogP contribution in [0.2, 0.25) is 0 Å². The number of carboxylic acid groups (broad SMARTS) is 1. The molecule has 0 radical (unpaired) electrons. The summed E-state index contributed by atoms with van der Waals surface area (Å²) in [5, 5.41) is 20.6. The van der Waals surface area contributed by atoms with Crippen molar-refractivity contribution >= 4 is 5.97 Å². The predicted molar refractivity (Wildman–Crippen MR) is 73.9 cm³/mol. The third-order valence-electron chi connectivity index (χ3n) is 3.68. The summed E-state index contributed by atoms with van der Waals surface area (Å²) in [6.07, 6.45) is 1.38. The third kappa shape index (κ3) is 2.72. The average molecular weight is 288 g/mol. The van der Waals surface area contributed by atoms with Gasteiger partial charge >= 0.3 is 5.97 Å². The van der Waals surface area contributed by atoms with Crippen LogP contribution in [0.15, 0.2) is 18.2 Å². The van der Waals surface area contributed by atoms with Crippen molar-refractivity contribution in [2.24, 2.45) is 5.92 Å². The maximum absolute atomic E-state index is 10.9. The standard InChI is InChI=1S/C14H16N4O3/c1-9(14(19)20)4-6-18-13(15-16-17-18)11-2-3-12-10(8-11)5-7-21-12/h2-3,8-9H,4-7H2,1H3,(H,19,20). The zero-order chi connectivity index (χ0) is 14.8. The molecule has 7 heteroatoms. The highest BCUT2D eigenvalue weighted by Crippen LogP contribution is 2.29. The zero-order valence-corrected chi connectivity index (χ0v) is 11.7. The normalized spacial score (nSPS) is 14.5. The van der Waals surface area contributed by atoms with E-state index in [-0.39, 0.29) is 0 Å². The minimum absolute atomic E-state index is 0.421. The first-order chi connectivity index (χ1) is 10.1. The van der Waals surface area contributed by atoms with Gasteiger partial charge in [-0.05, 0) is 40.6 Å². The second-order valence-corrected chi connectivity index (χ2v) is 5.17. The molecule has 0 fully saturated rings. The number of carboxylic acids is 1. The second kappa shape index (κ2) is 5.51. The minimum atomic E-state index is -0.806. The Morgan fingerprint density at radius 2 is 2.38 bits per heavy atom. The van der Waals surface area contributed by atoms with Gasteiger partial charge in [0.1, 0.15) is 5.75 Å². The van der Waals surface area contributed by atoms with Gasteiger partial charge in [-0.3, -0.25) is 4.79 Å². The lowest BCUT2D eigenvalue weighted by atomic mass is 10.1. The van der Waals surface area contributed by atoms with Crippen LogP contribution < -0.4 is 4.74 Å². The molecule has 1 aromatic carbocycles. The Morgan fingerprint density at radius 1 is 1.52 bits per heavy atom. The van der Waals surface area contributed by atoms with Crippen molar-refractivity contribution in [1.82, 2.24) is 20.2 Å². The number of tetrazole rings is 1. The number of hydrogen-bond donors (Lipinski definition) is 1. The highest BCUT2D eigenvalue weighted by Gasteiger charge is 2.17. The highest BCUT2D eigenvalue weighted by atomic mass is 16.5. The van der Waals surface area contributed by atoms with E-state index in [1.165, 1.54) is 0 Å². The Hall–Kier alpha value is -2.44. The first-order valence-corrected chi connectivity index (χ1v) is 6.90. The molecule has 2 heterocycles. The number of benzene rings is 1. The van der Waals surface area contributed by atoms with Gasteiger partial charge in [-0.2, -0.15) is 0 Å². The number of rotatable bonds is 5. The van der Waals surface area contributed by atoms with E-state index in [4.69, 9.17) is 9.84 Å². The fourth-order valence-corrected chi connectivity index (χ4v) is 2.33. The summed E-state index contributed by atoms with van der Waals surface area (Å²) in [6, 6.07) is 5.88. The van der Waals surface area contributed by atoms with Crippen molar-refractivity contribution in [3.8, 4) is 17.1 Å². The number of carbonyl (C=O) groups is 1. The largest absolute Gasteiger partial charge is 0.493 e. The molecule has 0 saturated carbocycles. The summed E-state index contributed by atoms with van der Waals surface area (Å²) >= 11 is 0. The van der Waals surface area contributed by atoms with E-state index in [2.05, 4.69) is 15.5 Å². The van der Waals surface area contributed by atoms with Crippen molar-refractivity contribution in [1.29, 1.82) is 0 Å². The Morgan fingerprint density at radius 3 is 3.19 bits per heavy atom. The summed E-state index contributed by atoms with van der Waals surface area (Å²) in [4.78, 5) is 10.9.